The van der Waals surface area contributed by atoms with E-state index in [-0.39, 0.29) is 0 Å². The summed E-state index contributed by atoms with van der Waals surface area (Å²) < 4.78 is 0.958. The van der Waals surface area contributed by atoms with E-state index in [0.29, 0.717) is 6.04 Å². The van der Waals surface area contributed by atoms with Crippen molar-refractivity contribution in [1.82, 2.24) is 29.7 Å². The molecule has 0 aliphatic carbocycles. The molecule has 182 valence electrons. The number of hydrogen-bond donors (Lipinski definition) is 2. The third kappa shape index (κ3) is 4.93. The van der Waals surface area contributed by atoms with Gasteiger partial charge in [0.2, 0.25) is 0 Å². The van der Waals surface area contributed by atoms with E-state index in [1.165, 1.54) is 10.7 Å². The van der Waals surface area contributed by atoms with Gasteiger partial charge in [-0.25, -0.2) is 15.0 Å². The zero-order valence-electron chi connectivity index (χ0n) is 19.7. The Hall–Kier alpha value is -2.53. The highest BCUT2D eigenvalue weighted by Gasteiger charge is 2.22. The van der Waals surface area contributed by atoms with E-state index in [4.69, 9.17) is 4.98 Å². The molecule has 35 heavy (non-hydrogen) atoms. The van der Waals surface area contributed by atoms with E-state index >= 15 is 0 Å². The van der Waals surface area contributed by atoms with Crippen LogP contribution in [0.1, 0.15) is 11.4 Å². The minimum Gasteiger partial charge on any atom is -0.378 e. The Morgan fingerprint density at radius 3 is 2.66 bits per heavy atom. The van der Waals surface area contributed by atoms with Gasteiger partial charge in [-0.15, -0.1) is 11.3 Å². The summed E-state index contributed by atoms with van der Waals surface area (Å²) in [5.74, 6) is 0.844. The summed E-state index contributed by atoms with van der Waals surface area (Å²) in [4.78, 5) is 24.6. The average molecular weight is 554 g/mol. The minimum absolute atomic E-state index is 0.426. The summed E-state index contributed by atoms with van der Waals surface area (Å²) >= 11 is 5.42. The molecule has 0 amide bonds. The molecular weight excluding hydrogens is 524 g/mol. The van der Waals surface area contributed by atoms with E-state index in [0.717, 1.165) is 84.9 Å². The van der Waals surface area contributed by atoms with Crippen molar-refractivity contribution < 1.29 is 0 Å². The smallest absolute Gasteiger partial charge is 0.180 e. The van der Waals surface area contributed by atoms with Gasteiger partial charge >= 0.3 is 0 Å². The Labute approximate surface area is 217 Å². The maximum atomic E-state index is 4.80. The molecule has 3 aromatic heterocycles. The molecule has 0 radical (unpaired) electrons. The van der Waals surface area contributed by atoms with Crippen LogP contribution in [0.2, 0.25) is 0 Å². The summed E-state index contributed by atoms with van der Waals surface area (Å²) in [5, 5.41) is 6.95. The lowest BCUT2D eigenvalue weighted by Gasteiger charge is -2.35. The molecule has 4 aromatic rings. The number of piperazine rings is 1. The van der Waals surface area contributed by atoms with Crippen molar-refractivity contribution in [3.63, 3.8) is 0 Å². The maximum absolute atomic E-state index is 4.80. The van der Waals surface area contributed by atoms with Crippen LogP contribution in [-0.2, 0) is 6.54 Å². The van der Waals surface area contributed by atoms with Gasteiger partial charge in [0, 0.05) is 67.8 Å². The lowest BCUT2D eigenvalue weighted by atomic mass is 10.1. The highest BCUT2D eigenvalue weighted by atomic mass is 79.9. The molecule has 8 nitrogen and oxygen atoms in total. The van der Waals surface area contributed by atoms with E-state index in [2.05, 4.69) is 87.6 Å². The number of pyridine rings is 1. The molecule has 6 rings (SSSR count). The molecule has 5 heterocycles. The Bertz CT molecular complexity index is 1280. The lowest BCUT2D eigenvalue weighted by Crippen LogP contribution is -2.45. The Balaban J connectivity index is 1.15. The van der Waals surface area contributed by atoms with Crippen LogP contribution >= 0.6 is 27.3 Å². The van der Waals surface area contributed by atoms with Crippen molar-refractivity contribution in [1.29, 1.82) is 0 Å². The molecule has 2 saturated heterocycles. The van der Waals surface area contributed by atoms with Crippen LogP contribution in [0.15, 0.2) is 46.5 Å². The number of benzene rings is 1. The number of rotatable bonds is 6. The number of likely N-dealkylation sites (N-methyl/N-ethyl adjacent to an activating group) is 1. The quantitative estimate of drug-likeness (QED) is 0.369. The molecule has 0 bridgehead atoms. The van der Waals surface area contributed by atoms with Gasteiger partial charge in [-0.3, -0.25) is 4.90 Å². The Morgan fingerprint density at radius 1 is 1.11 bits per heavy atom. The fourth-order valence-corrected chi connectivity index (χ4v) is 6.06. The van der Waals surface area contributed by atoms with Gasteiger partial charge in [0.05, 0.1) is 16.7 Å². The fraction of sp³-hybridized carbons (Fsp3) is 0.400. The number of thiazole rings is 1. The van der Waals surface area contributed by atoms with Gasteiger partial charge in [-0.05, 0) is 60.2 Å². The molecule has 0 saturated carbocycles. The molecular formula is C25H29BrN8S. The average Bonchev–Trinajstić information content (AvgIpc) is 3.63. The normalized spacial score (nSPS) is 19.6. The fourth-order valence-electron chi connectivity index (χ4n) is 4.98. The minimum atomic E-state index is 0.426. The number of nitrogens with one attached hydrogen (secondary N) is 2. The number of anilines is 2. The topological polar surface area (TPSA) is 76.2 Å². The Morgan fingerprint density at radius 2 is 1.94 bits per heavy atom. The predicted octanol–water partition coefficient (Wildman–Crippen LogP) is 4.28. The number of nitrogens with zero attached hydrogens (tertiary/aromatic N) is 6. The van der Waals surface area contributed by atoms with Gasteiger partial charge in [0.15, 0.2) is 5.65 Å². The van der Waals surface area contributed by atoms with Crippen molar-refractivity contribution in [3.8, 4) is 11.4 Å². The second-order valence-corrected chi connectivity index (χ2v) is 11.2. The molecule has 1 atom stereocenters. The van der Waals surface area contributed by atoms with Crippen molar-refractivity contribution in [2.75, 3.05) is 56.5 Å². The summed E-state index contributed by atoms with van der Waals surface area (Å²) in [7, 11) is 2.17. The van der Waals surface area contributed by atoms with Crippen molar-refractivity contribution in [2.45, 2.75) is 19.0 Å². The van der Waals surface area contributed by atoms with Crippen molar-refractivity contribution in [3.05, 3.63) is 51.5 Å². The summed E-state index contributed by atoms with van der Waals surface area (Å²) in [6, 6.07) is 9.15. The van der Waals surface area contributed by atoms with Gasteiger partial charge < -0.3 is 20.1 Å². The van der Waals surface area contributed by atoms with Gasteiger partial charge in [0.25, 0.3) is 0 Å². The molecule has 2 aliphatic rings. The number of H-pyrrole nitrogens is 1. The van der Waals surface area contributed by atoms with Crippen LogP contribution in [0, 0.1) is 0 Å². The molecule has 0 unspecified atom stereocenters. The van der Waals surface area contributed by atoms with Crippen molar-refractivity contribution in [2.24, 2.45) is 0 Å². The molecule has 10 heteroatoms. The molecule has 1 aromatic carbocycles. The second kappa shape index (κ2) is 9.85. The van der Waals surface area contributed by atoms with E-state index in [9.17, 15) is 0 Å². The van der Waals surface area contributed by atoms with Gasteiger partial charge in [0.1, 0.15) is 16.3 Å². The first-order chi connectivity index (χ1) is 17.1. The van der Waals surface area contributed by atoms with Crippen LogP contribution in [0.25, 0.3) is 22.6 Å². The maximum Gasteiger partial charge on any atom is 0.180 e. The first-order valence-corrected chi connectivity index (χ1v) is 13.7. The van der Waals surface area contributed by atoms with E-state index in [1.807, 2.05) is 12.4 Å². The van der Waals surface area contributed by atoms with Crippen LogP contribution in [0.5, 0.6) is 0 Å². The molecule has 0 spiro atoms. The monoisotopic (exact) mass is 552 g/mol. The molecule has 2 aliphatic heterocycles. The highest BCUT2D eigenvalue weighted by Crippen LogP contribution is 2.32. The first-order valence-electron chi connectivity index (χ1n) is 12.1. The second-order valence-electron chi connectivity index (χ2n) is 9.39. The van der Waals surface area contributed by atoms with Crippen LogP contribution < -0.4 is 10.2 Å². The number of fused-ring (bicyclic) bond motifs is 1. The number of likely N-dealkylation sites (tertiary alicyclic amines) is 1. The zero-order chi connectivity index (χ0) is 23.8. The van der Waals surface area contributed by atoms with E-state index < -0.39 is 0 Å². The van der Waals surface area contributed by atoms with Crippen LogP contribution in [-0.4, -0.2) is 82.1 Å². The first kappa shape index (κ1) is 22.9. The predicted molar refractivity (Wildman–Crippen MR) is 146 cm³/mol. The summed E-state index contributed by atoms with van der Waals surface area (Å²) in [6.07, 6.45) is 4.86. The third-order valence-corrected chi connectivity index (χ3v) is 8.30. The third-order valence-electron chi connectivity index (χ3n) is 6.93. The largest absolute Gasteiger partial charge is 0.378 e. The Kier molecular flexibility index (Phi) is 6.44. The number of halogens is 1. The highest BCUT2D eigenvalue weighted by molar-refractivity contribution is 9.10. The number of imidazole rings is 1. The molecule has 2 fully saturated rings. The van der Waals surface area contributed by atoms with Gasteiger partial charge in [-0.1, -0.05) is 0 Å². The number of hydrogen-bond acceptors (Lipinski definition) is 8. The van der Waals surface area contributed by atoms with Crippen LogP contribution in [0.4, 0.5) is 11.4 Å². The standard InChI is InChI=1S/C25H29BrN8S/c1-32-8-6-18(15-32)29-22-20(26)14-28-25-23(22)30-24(31-25)17-2-4-19(5-3-17)34-11-9-33(10-12-34)16-21-27-7-13-35-21/h2-5,7,13-14,18H,6,8-12,15-16H2,1H3,(H2,28,29,30,31)/t18-/m0/s1. The van der Waals surface area contributed by atoms with Crippen LogP contribution in [0.3, 0.4) is 0 Å². The summed E-state index contributed by atoms with van der Waals surface area (Å²) in [6.45, 7) is 7.27. The lowest BCUT2D eigenvalue weighted by molar-refractivity contribution is 0.249. The number of aromatic amines is 1. The summed E-state index contributed by atoms with van der Waals surface area (Å²) in [5.41, 5.74) is 5.05. The molecule has 2 N–H and O–H groups in total. The van der Waals surface area contributed by atoms with E-state index in [1.54, 1.807) is 11.3 Å². The zero-order valence-corrected chi connectivity index (χ0v) is 22.1. The number of aromatic nitrogens is 4. The SMILES string of the molecule is CN1CC[C@H](Nc2c(Br)cnc3nc(-c4ccc(N5CCN(Cc6nccs6)CC5)cc4)[nH]c23)C1. The van der Waals surface area contributed by atoms with Crippen molar-refractivity contribution >= 4 is 49.8 Å². The van der Waals surface area contributed by atoms with Gasteiger partial charge in [-0.2, -0.15) is 0 Å².